The smallest absolute Gasteiger partial charge is 0.00758 e. The summed E-state index contributed by atoms with van der Waals surface area (Å²) < 4.78 is 0. The summed E-state index contributed by atoms with van der Waals surface area (Å²) in [4.78, 5) is 2.64. The van der Waals surface area contributed by atoms with Gasteiger partial charge in [0.1, 0.15) is 0 Å². The molecule has 0 aromatic rings. The molecule has 76 valence electrons. The van der Waals surface area contributed by atoms with Crippen molar-refractivity contribution in [3.8, 4) is 0 Å². The SMILES string of the molecule is CCN1[C@@H](C)CC2(CNC2)C[C@@H]1C. The van der Waals surface area contributed by atoms with Crippen molar-refractivity contribution in [1.82, 2.24) is 10.2 Å². The maximum Gasteiger partial charge on any atom is 0.00758 e. The third kappa shape index (κ3) is 1.50. The molecule has 13 heavy (non-hydrogen) atoms. The van der Waals surface area contributed by atoms with Gasteiger partial charge in [0.2, 0.25) is 0 Å². The number of rotatable bonds is 1. The van der Waals surface area contributed by atoms with Gasteiger partial charge in [0.25, 0.3) is 0 Å². The van der Waals surface area contributed by atoms with E-state index in [4.69, 9.17) is 0 Å². The van der Waals surface area contributed by atoms with Crippen LogP contribution in [0.4, 0.5) is 0 Å². The standard InChI is InChI=1S/C11H22N2/c1-4-13-9(2)5-11(6-10(13)3)7-12-8-11/h9-10,12H,4-8H2,1-3H3/t9-,10-/m0/s1. The Hall–Kier alpha value is -0.0800. The summed E-state index contributed by atoms with van der Waals surface area (Å²) in [5.74, 6) is 0. The predicted molar refractivity (Wildman–Crippen MR) is 55.8 cm³/mol. The Kier molecular flexibility index (Phi) is 2.37. The molecule has 2 fully saturated rings. The van der Waals surface area contributed by atoms with Crippen molar-refractivity contribution < 1.29 is 0 Å². The normalized spacial score (nSPS) is 39.0. The summed E-state index contributed by atoms with van der Waals surface area (Å²) in [6.07, 6.45) is 2.80. The number of hydrogen-bond donors (Lipinski definition) is 1. The molecule has 0 saturated carbocycles. The van der Waals surface area contributed by atoms with Crippen molar-refractivity contribution in [3.05, 3.63) is 0 Å². The molecule has 2 atom stereocenters. The molecular weight excluding hydrogens is 160 g/mol. The van der Waals surface area contributed by atoms with Crippen LogP contribution in [0, 0.1) is 5.41 Å². The zero-order chi connectivity index (χ0) is 9.47. The molecule has 2 heteroatoms. The van der Waals surface area contributed by atoms with Crippen LogP contribution in [0.2, 0.25) is 0 Å². The fourth-order valence-electron chi connectivity index (χ4n) is 3.40. The molecule has 1 N–H and O–H groups in total. The topological polar surface area (TPSA) is 15.3 Å². The third-order valence-corrected chi connectivity index (χ3v) is 3.95. The van der Waals surface area contributed by atoms with Gasteiger partial charge in [-0.05, 0) is 38.6 Å². The third-order valence-electron chi connectivity index (χ3n) is 3.95. The average molecular weight is 182 g/mol. The maximum absolute atomic E-state index is 3.43. The van der Waals surface area contributed by atoms with Crippen molar-refractivity contribution >= 4 is 0 Å². The van der Waals surface area contributed by atoms with Crippen LogP contribution < -0.4 is 5.32 Å². The summed E-state index contributed by atoms with van der Waals surface area (Å²) in [7, 11) is 0. The molecular formula is C11H22N2. The van der Waals surface area contributed by atoms with Gasteiger partial charge in [0, 0.05) is 25.2 Å². The first kappa shape index (κ1) is 9.47. The fraction of sp³-hybridized carbons (Fsp3) is 1.00. The summed E-state index contributed by atoms with van der Waals surface area (Å²) >= 11 is 0. The van der Waals surface area contributed by atoms with E-state index in [2.05, 4.69) is 31.0 Å². The number of nitrogens with one attached hydrogen (secondary N) is 1. The van der Waals surface area contributed by atoms with Crippen LogP contribution in [0.5, 0.6) is 0 Å². The van der Waals surface area contributed by atoms with Crippen LogP contribution in [0.25, 0.3) is 0 Å². The Balaban J connectivity index is 2.03. The Morgan fingerprint density at radius 2 is 1.77 bits per heavy atom. The van der Waals surface area contributed by atoms with Gasteiger partial charge in [-0.1, -0.05) is 6.92 Å². The number of hydrogen-bond acceptors (Lipinski definition) is 2. The lowest BCUT2D eigenvalue weighted by molar-refractivity contribution is -0.0121. The fourth-order valence-corrected chi connectivity index (χ4v) is 3.40. The summed E-state index contributed by atoms with van der Waals surface area (Å²) in [6.45, 7) is 10.8. The Morgan fingerprint density at radius 1 is 1.23 bits per heavy atom. The van der Waals surface area contributed by atoms with E-state index in [1.54, 1.807) is 0 Å². The van der Waals surface area contributed by atoms with E-state index < -0.39 is 0 Å². The molecule has 0 unspecified atom stereocenters. The Bertz CT molecular complexity index is 173. The molecule has 0 radical (unpaired) electrons. The van der Waals surface area contributed by atoms with E-state index in [9.17, 15) is 0 Å². The monoisotopic (exact) mass is 182 g/mol. The van der Waals surface area contributed by atoms with Crippen molar-refractivity contribution in [2.75, 3.05) is 19.6 Å². The molecule has 0 bridgehead atoms. The van der Waals surface area contributed by atoms with Crippen LogP contribution in [0.15, 0.2) is 0 Å². The lowest BCUT2D eigenvalue weighted by atomic mass is 9.69. The number of nitrogens with zero attached hydrogens (tertiary/aromatic N) is 1. The summed E-state index contributed by atoms with van der Waals surface area (Å²) in [5, 5.41) is 3.43. The van der Waals surface area contributed by atoms with E-state index in [0.29, 0.717) is 5.41 Å². The van der Waals surface area contributed by atoms with E-state index in [-0.39, 0.29) is 0 Å². The molecule has 0 amide bonds. The summed E-state index contributed by atoms with van der Waals surface area (Å²) in [6, 6.07) is 1.58. The first-order chi connectivity index (χ1) is 6.17. The zero-order valence-electron chi connectivity index (χ0n) is 9.14. The van der Waals surface area contributed by atoms with Crippen LogP contribution >= 0.6 is 0 Å². The first-order valence-electron chi connectivity index (χ1n) is 5.63. The summed E-state index contributed by atoms with van der Waals surface area (Å²) in [5.41, 5.74) is 0.671. The second kappa shape index (κ2) is 3.25. The van der Waals surface area contributed by atoms with Gasteiger partial charge in [-0.15, -0.1) is 0 Å². The van der Waals surface area contributed by atoms with Gasteiger partial charge >= 0.3 is 0 Å². The second-order valence-electron chi connectivity index (χ2n) is 5.04. The van der Waals surface area contributed by atoms with Crippen molar-refractivity contribution in [2.45, 2.75) is 45.7 Å². The molecule has 2 heterocycles. The highest BCUT2D eigenvalue weighted by Crippen LogP contribution is 2.40. The molecule has 2 aliphatic rings. The van der Waals surface area contributed by atoms with Gasteiger partial charge in [0.15, 0.2) is 0 Å². The quantitative estimate of drug-likeness (QED) is 0.660. The van der Waals surface area contributed by atoms with Gasteiger partial charge in [-0.3, -0.25) is 4.90 Å². The molecule has 2 nitrogen and oxygen atoms in total. The maximum atomic E-state index is 3.43. The molecule has 0 aromatic heterocycles. The van der Waals surface area contributed by atoms with Gasteiger partial charge < -0.3 is 5.32 Å². The highest BCUT2D eigenvalue weighted by Gasteiger charge is 2.44. The predicted octanol–water partition coefficient (Wildman–Crippen LogP) is 1.47. The average Bonchev–Trinajstić information content (AvgIpc) is 2.01. The highest BCUT2D eigenvalue weighted by atomic mass is 15.2. The van der Waals surface area contributed by atoms with Crippen molar-refractivity contribution in [1.29, 1.82) is 0 Å². The van der Waals surface area contributed by atoms with Crippen molar-refractivity contribution in [3.63, 3.8) is 0 Å². The van der Waals surface area contributed by atoms with Gasteiger partial charge in [-0.25, -0.2) is 0 Å². The van der Waals surface area contributed by atoms with Crippen LogP contribution in [0.1, 0.15) is 33.6 Å². The highest BCUT2D eigenvalue weighted by molar-refractivity contribution is 5.00. The molecule has 0 aliphatic carbocycles. The Morgan fingerprint density at radius 3 is 2.08 bits per heavy atom. The molecule has 1 spiro atoms. The van der Waals surface area contributed by atoms with E-state index >= 15 is 0 Å². The minimum Gasteiger partial charge on any atom is -0.316 e. The first-order valence-corrected chi connectivity index (χ1v) is 5.63. The molecule has 2 rings (SSSR count). The van der Waals surface area contributed by atoms with Crippen LogP contribution in [0.3, 0.4) is 0 Å². The number of piperidine rings is 1. The molecule has 2 saturated heterocycles. The van der Waals surface area contributed by atoms with Crippen LogP contribution in [-0.4, -0.2) is 36.6 Å². The van der Waals surface area contributed by atoms with Gasteiger partial charge in [0.05, 0.1) is 0 Å². The molecule has 0 aromatic carbocycles. The largest absolute Gasteiger partial charge is 0.316 e. The Labute approximate surface area is 81.7 Å². The minimum atomic E-state index is 0.671. The molecule has 2 aliphatic heterocycles. The minimum absolute atomic E-state index is 0.671. The van der Waals surface area contributed by atoms with E-state index in [1.807, 2.05) is 0 Å². The lowest BCUT2D eigenvalue weighted by Gasteiger charge is -2.54. The number of likely N-dealkylation sites (tertiary alicyclic amines) is 1. The van der Waals surface area contributed by atoms with Gasteiger partial charge in [-0.2, -0.15) is 0 Å². The van der Waals surface area contributed by atoms with E-state index in [0.717, 1.165) is 12.1 Å². The zero-order valence-corrected chi connectivity index (χ0v) is 9.14. The van der Waals surface area contributed by atoms with Crippen molar-refractivity contribution in [2.24, 2.45) is 5.41 Å². The second-order valence-corrected chi connectivity index (χ2v) is 5.04. The van der Waals surface area contributed by atoms with Crippen LogP contribution in [-0.2, 0) is 0 Å². The lowest BCUT2D eigenvalue weighted by Crippen LogP contribution is -2.62. The van der Waals surface area contributed by atoms with E-state index in [1.165, 1.54) is 32.5 Å².